The number of benzene rings is 1. The van der Waals surface area contributed by atoms with Crippen LogP contribution in [0.5, 0.6) is 0 Å². The number of nitrogens with zero attached hydrogens (tertiary/aromatic N) is 3. The summed E-state index contributed by atoms with van der Waals surface area (Å²) in [7, 11) is 0. The molecule has 6 heteroatoms. The molecule has 142 valence electrons. The molecule has 0 spiro atoms. The monoisotopic (exact) mass is 371 g/mol. The van der Waals surface area contributed by atoms with Crippen LogP contribution in [0.3, 0.4) is 0 Å². The van der Waals surface area contributed by atoms with Crippen LogP contribution in [0.2, 0.25) is 0 Å². The summed E-state index contributed by atoms with van der Waals surface area (Å²) in [5.41, 5.74) is 1.23. The molecule has 0 bridgehead atoms. The highest BCUT2D eigenvalue weighted by molar-refractivity contribution is 5.92. The van der Waals surface area contributed by atoms with Gasteiger partial charge in [0.2, 0.25) is 0 Å². The Morgan fingerprint density at radius 3 is 2.48 bits per heavy atom. The van der Waals surface area contributed by atoms with Crippen molar-refractivity contribution in [2.24, 2.45) is 5.92 Å². The van der Waals surface area contributed by atoms with Gasteiger partial charge in [0.1, 0.15) is 17.3 Å². The van der Waals surface area contributed by atoms with Crippen molar-refractivity contribution in [1.82, 2.24) is 9.88 Å². The summed E-state index contributed by atoms with van der Waals surface area (Å²) in [6.45, 7) is 5.68. The number of hydrogen-bond acceptors (Lipinski definition) is 3. The topological polar surface area (TPSA) is 36.4 Å². The Morgan fingerprint density at radius 1 is 1.11 bits per heavy atom. The Labute approximate surface area is 157 Å². The molecule has 0 N–H and O–H groups in total. The Kier molecular flexibility index (Phi) is 4.36. The van der Waals surface area contributed by atoms with E-state index in [1.165, 1.54) is 24.3 Å². The van der Waals surface area contributed by atoms with E-state index in [1.807, 2.05) is 17.0 Å². The summed E-state index contributed by atoms with van der Waals surface area (Å²) in [6.07, 6.45) is 2.88. The molecule has 0 radical (unpaired) electrons. The molecule has 2 aromatic rings. The highest BCUT2D eigenvalue weighted by atomic mass is 19.1. The average molecular weight is 371 g/mol. The minimum atomic E-state index is -0.447. The first-order valence-electron chi connectivity index (χ1n) is 9.31. The van der Waals surface area contributed by atoms with Crippen LogP contribution >= 0.6 is 0 Å². The molecule has 0 unspecified atom stereocenters. The smallest absolute Gasteiger partial charge is 0.272 e. The molecule has 1 amide bonds. The van der Waals surface area contributed by atoms with Crippen molar-refractivity contribution >= 4 is 11.6 Å². The first-order chi connectivity index (χ1) is 12.8. The van der Waals surface area contributed by atoms with Crippen LogP contribution in [0.25, 0.3) is 0 Å². The molecule has 2 atom stereocenters. The Morgan fingerprint density at radius 2 is 1.81 bits per heavy atom. The molecule has 2 saturated heterocycles. The first kappa shape index (κ1) is 17.9. The lowest BCUT2D eigenvalue weighted by Crippen LogP contribution is -2.50. The van der Waals surface area contributed by atoms with E-state index in [9.17, 15) is 13.6 Å². The molecule has 2 fully saturated rings. The van der Waals surface area contributed by atoms with Gasteiger partial charge in [-0.3, -0.25) is 4.79 Å². The maximum absolute atomic E-state index is 13.3. The number of carbonyl (C=O) groups is 1. The summed E-state index contributed by atoms with van der Waals surface area (Å²) < 4.78 is 26.4. The quantitative estimate of drug-likeness (QED) is 0.804. The van der Waals surface area contributed by atoms with E-state index in [4.69, 9.17) is 0 Å². The van der Waals surface area contributed by atoms with Crippen LogP contribution in [0.4, 0.5) is 14.5 Å². The second-order valence-corrected chi connectivity index (χ2v) is 8.09. The lowest BCUT2D eigenvalue weighted by Gasteiger charge is -2.41. The van der Waals surface area contributed by atoms with Gasteiger partial charge in [-0.15, -0.1) is 0 Å². The highest BCUT2D eigenvalue weighted by Gasteiger charge is 2.48. The number of anilines is 1. The maximum atomic E-state index is 13.3. The van der Waals surface area contributed by atoms with E-state index in [0.29, 0.717) is 25.0 Å². The molecule has 4 rings (SSSR count). The molecule has 2 aliphatic rings. The molecule has 2 aliphatic heterocycles. The Balaban J connectivity index is 1.53. The van der Waals surface area contributed by atoms with Gasteiger partial charge in [0, 0.05) is 30.4 Å². The predicted molar refractivity (Wildman–Crippen MR) is 99.6 cm³/mol. The summed E-state index contributed by atoms with van der Waals surface area (Å²) >= 11 is 0. The normalized spacial score (nSPS) is 24.0. The molecule has 1 aromatic carbocycles. The standard InChI is InChI=1S/C21H23F2N3O/c1-21(2)11-14-13-25(20(27)18-8-5-16(23)12-24-18)10-9-19(14)26(21)17-6-3-15(22)4-7-17/h3-8,12,14,19H,9-11,13H2,1-2H3/t14-,19+/m1/s1. The molecule has 0 aliphatic carbocycles. The number of hydrogen-bond donors (Lipinski definition) is 0. The fourth-order valence-electron chi connectivity index (χ4n) is 4.74. The van der Waals surface area contributed by atoms with Crippen LogP contribution < -0.4 is 4.90 Å². The molecule has 4 nitrogen and oxygen atoms in total. The van der Waals surface area contributed by atoms with E-state index in [2.05, 4.69) is 23.7 Å². The summed E-state index contributed by atoms with van der Waals surface area (Å²) in [6, 6.07) is 9.68. The first-order valence-corrected chi connectivity index (χ1v) is 9.31. The number of rotatable bonds is 2. The summed E-state index contributed by atoms with van der Waals surface area (Å²) in [5, 5.41) is 0. The van der Waals surface area contributed by atoms with Crippen LogP contribution in [-0.4, -0.2) is 40.5 Å². The third-order valence-corrected chi connectivity index (χ3v) is 5.78. The van der Waals surface area contributed by atoms with Crippen molar-refractivity contribution in [3.8, 4) is 0 Å². The van der Waals surface area contributed by atoms with Crippen LogP contribution in [0.1, 0.15) is 37.2 Å². The predicted octanol–water partition coefficient (Wildman–Crippen LogP) is 3.88. The largest absolute Gasteiger partial charge is 0.363 e. The lowest BCUT2D eigenvalue weighted by molar-refractivity contribution is 0.0661. The van der Waals surface area contributed by atoms with Crippen LogP contribution in [0, 0.1) is 17.6 Å². The van der Waals surface area contributed by atoms with E-state index in [1.54, 1.807) is 0 Å². The number of aromatic nitrogens is 1. The third kappa shape index (κ3) is 3.29. The van der Waals surface area contributed by atoms with Gasteiger partial charge in [0.15, 0.2) is 0 Å². The van der Waals surface area contributed by atoms with Crippen molar-refractivity contribution in [2.45, 2.75) is 38.3 Å². The summed E-state index contributed by atoms with van der Waals surface area (Å²) in [4.78, 5) is 20.9. The van der Waals surface area contributed by atoms with Crippen molar-refractivity contribution < 1.29 is 13.6 Å². The third-order valence-electron chi connectivity index (χ3n) is 5.78. The zero-order chi connectivity index (χ0) is 19.2. The van der Waals surface area contributed by atoms with Gasteiger partial charge < -0.3 is 9.80 Å². The SMILES string of the molecule is CC1(C)C[C@@H]2CN(C(=O)c3ccc(F)cn3)CC[C@@H]2N1c1ccc(F)cc1. The zero-order valence-electron chi connectivity index (χ0n) is 15.5. The number of carbonyl (C=O) groups excluding carboxylic acids is 1. The number of pyridine rings is 1. The van der Waals surface area contributed by atoms with Gasteiger partial charge in [0.25, 0.3) is 5.91 Å². The number of piperidine rings is 1. The van der Waals surface area contributed by atoms with Crippen LogP contribution in [0.15, 0.2) is 42.6 Å². The minimum absolute atomic E-state index is 0.0691. The molecule has 0 saturated carbocycles. The van der Waals surface area contributed by atoms with Gasteiger partial charge in [-0.05, 0) is 69.0 Å². The van der Waals surface area contributed by atoms with Gasteiger partial charge in [-0.25, -0.2) is 13.8 Å². The van der Waals surface area contributed by atoms with Crippen molar-refractivity contribution in [3.63, 3.8) is 0 Å². The molecular formula is C21H23F2N3O. The minimum Gasteiger partial charge on any atom is -0.363 e. The molecule has 3 heterocycles. The van der Waals surface area contributed by atoms with E-state index < -0.39 is 5.82 Å². The average Bonchev–Trinajstić information content (AvgIpc) is 2.91. The Bertz CT molecular complexity index is 836. The van der Waals surface area contributed by atoms with Gasteiger partial charge >= 0.3 is 0 Å². The fourth-order valence-corrected chi connectivity index (χ4v) is 4.74. The summed E-state index contributed by atoms with van der Waals surface area (Å²) in [5.74, 6) is -0.494. The zero-order valence-corrected chi connectivity index (χ0v) is 15.5. The van der Waals surface area contributed by atoms with E-state index in [-0.39, 0.29) is 23.0 Å². The van der Waals surface area contributed by atoms with Gasteiger partial charge in [-0.1, -0.05) is 0 Å². The van der Waals surface area contributed by atoms with Gasteiger partial charge in [0.05, 0.1) is 6.20 Å². The van der Waals surface area contributed by atoms with E-state index >= 15 is 0 Å². The number of fused-ring (bicyclic) bond motifs is 1. The molecule has 27 heavy (non-hydrogen) atoms. The second-order valence-electron chi connectivity index (χ2n) is 8.09. The number of amides is 1. The highest BCUT2D eigenvalue weighted by Crippen LogP contribution is 2.44. The fraction of sp³-hybridized carbons (Fsp3) is 0.429. The van der Waals surface area contributed by atoms with E-state index in [0.717, 1.165) is 24.7 Å². The maximum Gasteiger partial charge on any atom is 0.272 e. The molecule has 1 aromatic heterocycles. The molecular weight excluding hydrogens is 348 g/mol. The number of halogens is 2. The van der Waals surface area contributed by atoms with Gasteiger partial charge in [-0.2, -0.15) is 0 Å². The Hall–Kier alpha value is -2.50. The van der Waals surface area contributed by atoms with Crippen molar-refractivity contribution in [2.75, 3.05) is 18.0 Å². The van der Waals surface area contributed by atoms with Crippen molar-refractivity contribution in [1.29, 1.82) is 0 Å². The lowest BCUT2D eigenvalue weighted by atomic mass is 9.89. The number of likely N-dealkylation sites (tertiary alicyclic amines) is 1. The second kappa shape index (κ2) is 6.59. The van der Waals surface area contributed by atoms with Crippen molar-refractivity contribution in [3.05, 3.63) is 59.9 Å². The van der Waals surface area contributed by atoms with Crippen LogP contribution in [-0.2, 0) is 0 Å².